The third-order valence-electron chi connectivity index (χ3n) is 5.22. The molecule has 0 unspecified atom stereocenters. The second-order valence-corrected chi connectivity index (χ2v) is 7.35. The molecule has 3 aromatic rings. The van der Waals surface area contributed by atoms with E-state index in [1.54, 1.807) is 4.90 Å². The first-order chi connectivity index (χ1) is 13.1. The van der Waals surface area contributed by atoms with Crippen molar-refractivity contribution in [2.45, 2.75) is 38.3 Å². The fraction of sp³-hybridized carbons (Fsp3) is 0.286. The van der Waals surface area contributed by atoms with E-state index in [9.17, 15) is 9.59 Å². The van der Waals surface area contributed by atoms with E-state index in [-0.39, 0.29) is 24.3 Å². The van der Waals surface area contributed by atoms with Gasteiger partial charge in [-0.1, -0.05) is 24.3 Å². The lowest BCUT2D eigenvalue weighted by Gasteiger charge is -2.15. The summed E-state index contributed by atoms with van der Waals surface area (Å²) in [5.41, 5.74) is 3.58. The van der Waals surface area contributed by atoms with Crippen molar-refractivity contribution < 1.29 is 9.59 Å². The van der Waals surface area contributed by atoms with Gasteiger partial charge in [0.25, 0.3) is 5.91 Å². The van der Waals surface area contributed by atoms with Crippen LogP contribution in [0, 0.1) is 6.92 Å². The summed E-state index contributed by atoms with van der Waals surface area (Å²) in [4.78, 5) is 32.2. The average Bonchev–Trinajstić information content (AvgIpc) is 3.34. The van der Waals surface area contributed by atoms with Crippen LogP contribution in [-0.4, -0.2) is 27.4 Å². The number of anilines is 2. The van der Waals surface area contributed by atoms with Gasteiger partial charge in [0.1, 0.15) is 6.04 Å². The standard InChI is InChI=1S/C21H20N4O2/c1-13-5-4-6-14(11-13)22-19(26)12-18-20(27)24(15-9-10-15)21-23-16-7-2-3-8-17(16)25(18)21/h2-8,11,15,18H,9-10,12H2,1H3,(H,22,26)/t18-/m1/s1. The quantitative estimate of drug-likeness (QED) is 0.775. The smallest absolute Gasteiger partial charge is 0.253 e. The van der Waals surface area contributed by atoms with E-state index in [4.69, 9.17) is 0 Å². The summed E-state index contributed by atoms with van der Waals surface area (Å²) in [5, 5.41) is 2.92. The zero-order valence-electron chi connectivity index (χ0n) is 15.1. The van der Waals surface area contributed by atoms with Gasteiger partial charge in [-0.2, -0.15) is 0 Å². The maximum atomic E-state index is 13.1. The molecule has 1 atom stereocenters. The first-order valence-corrected chi connectivity index (χ1v) is 9.28. The minimum atomic E-state index is -0.544. The molecule has 6 nitrogen and oxygen atoms in total. The van der Waals surface area contributed by atoms with Crippen LogP contribution in [0.3, 0.4) is 0 Å². The molecular formula is C21H20N4O2. The van der Waals surface area contributed by atoms with E-state index < -0.39 is 6.04 Å². The van der Waals surface area contributed by atoms with E-state index in [0.29, 0.717) is 5.95 Å². The van der Waals surface area contributed by atoms with Crippen molar-refractivity contribution in [1.82, 2.24) is 9.55 Å². The van der Waals surface area contributed by atoms with Crippen molar-refractivity contribution in [3.8, 4) is 0 Å². The predicted octanol–water partition coefficient (Wildman–Crippen LogP) is 3.42. The molecule has 0 spiro atoms. The number of carbonyl (C=O) groups is 2. The molecule has 0 bridgehead atoms. The number of hydrogen-bond acceptors (Lipinski definition) is 3. The Balaban J connectivity index is 1.47. The number of nitrogens with one attached hydrogen (secondary N) is 1. The molecule has 2 aliphatic rings. The highest BCUT2D eigenvalue weighted by molar-refractivity contribution is 6.05. The van der Waals surface area contributed by atoms with Crippen LogP contribution in [0.4, 0.5) is 11.6 Å². The predicted molar refractivity (Wildman–Crippen MR) is 104 cm³/mol. The summed E-state index contributed by atoms with van der Waals surface area (Å²) in [6.07, 6.45) is 2.09. The van der Waals surface area contributed by atoms with Crippen LogP contribution in [0.2, 0.25) is 0 Å². The number of aromatic nitrogens is 2. The molecule has 1 aliphatic carbocycles. The molecule has 1 saturated carbocycles. The Morgan fingerprint density at radius 2 is 2.00 bits per heavy atom. The normalized spacial score (nSPS) is 18.8. The molecule has 1 aliphatic heterocycles. The second kappa shape index (κ2) is 5.94. The van der Waals surface area contributed by atoms with Gasteiger partial charge in [-0.15, -0.1) is 0 Å². The van der Waals surface area contributed by atoms with Crippen LogP contribution in [0.5, 0.6) is 0 Å². The highest BCUT2D eigenvalue weighted by Gasteiger charge is 2.47. The lowest BCUT2D eigenvalue weighted by molar-refractivity contribution is -0.124. The van der Waals surface area contributed by atoms with Gasteiger partial charge in [0, 0.05) is 11.7 Å². The molecule has 6 heteroatoms. The Kier molecular flexibility index (Phi) is 3.53. The van der Waals surface area contributed by atoms with E-state index in [2.05, 4.69) is 10.3 Å². The molecule has 5 rings (SSSR count). The first-order valence-electron chi connectivity index (χ1n) is 9.28. The third kappa shape index (κ3) is 2.68. The van der Waals surface area contributed by atoms with Gasteiger partial charge in [-0.25, -0.2) is 4.98 Å². The number of carbonyl (C=O) groups excluding carboxylic acids is 2. The third-order valence-corrected chi connectivity index (χ3v) is 5.22. The van der Waals surface area contributed by atoms with Crippen molar-refractivity contribution in [2.24, 2.45) is 0 Å². The Hall–Kier alpha value is -3.15. The number of imidazole rings is 1. The molecule has 1 aromatic heterocycles. The Bertz CT molecular complexity index is 1070. The Labute approximate surface area is 156 Å². The van der Waals surface area contributed by atoms with Gasteiger partial charge < -0.3 is 5.32 Å². The molecule has 1 fully saturated rings. The molecule has 136 valence electrons. The Morgan fingerprint density at radius 1 is 1.19 bits per heavy atom. The number of benzene rings is 2. The molecule has 27 heavy (non-hydrogen) atoms. The van der Waals surface area contributed by atoms with Crippen LogP contribution in [-0.2, 0) is 9.59 Å². The maximum Gasteiger partial charge on any atom is 0.253 e. The van der Waals surface area contributed by atoms with Crippen molar-refractivity contribution in [3.63, 3.8) is 0 Å². The lowest BCUT2D eigenvalue weighted by Crippen LogP contribution is -2.33. The van der Waals surface area contributed by atoms with E-state index in [1.165, 1.54) is 0 Å². The molecule has 2 aromatic carbocycles. The number of hydrogen-bond donors (Lipinski definition) is 1. The van der Waals surface area contributed by atoms with Gasteiger partial charge in [0.2, 0.25) is 11.9 Å². The SMILES string of the molecule is Cc1cccc(NC(=O)C[C@@H]2C(=O)N(C3CC3)c3nc4ccccc4n32)c1. The summed E-state index contributed by atoms with van der Waals surface area (Å²) >= 11 is 0. The number of fused-ring (bicyclic) bond motifs is 3. The molecular weight excluding hydrogens is 340 g/mol. The molecule has 2 heterocycles. The minimum absolute atomic E-state index is 0.0230. The van der Waals surface area contributed by atoms with Gasteiger partial charge in [0.15, 0.2) is 0 Å². The molecule has 2 amide bonds. The molecule has 0 saturated heterocycles. The summed E-state index contributed by atoms with van der Waals surface area (Å²) in [6, 6.07) is 15.1. The maximum absolute atomic E-state index is 13.1. The summed E-state index contributed by atoms with van der Waals surface area (Å²) < 4.78 is 1.94. The van der Waals surface area contributed by atoms with E-state index in [0.717, 1.165) is 35.1 Å². The zero-order valence-corrected chi connectivity index (χ0v) is 15.1. The number of amides is 2. The highest BCUT2D eigenvalue weighted by Crippen LogP contribution is 2.42. The number of para-hydroxylation sites is 2. The highest BCUT2D eigenvalue weighted by atomic mass is 16.2. The number of aryl methyl sites for hydroxylation is 1. The zero-order chi connectivity index (χ0) is 18.5. The Morgan fingerprint density at radius 3 is 2.78 bits per heavy atom. The van der Waals surface area contributed by atoms with Crippen LogP contribution >= 0.6 is 0 Å². The van der Waals surface area contributed by atoms with Gasteiger partial charge >= 0.3 is 0 Å². The average molecular weight is 360 g/mol. The van der Waals surface area contributed by atoms with E-state index >= 15 is 0 Å². The monoisotopic (exact) mass is 360 g/mol. The first kappa shape index (κ1) is 16.1. The van der Waals surface area contributed by atoms with Gasteiger partial charge in [-0.05, 0) is 49.6 Å². The van der Waals surface area contributed by atoms with Crippen LogP contribution in [0.15, 0.2) is 48.5 Å². The largest absolute Gasteiger partial charge is 0.326 e. The van der Waals surface area contributed by atoms with Crippen LogP contribution < -0.4 is 10.2 Å². The van der Waals surface area contributed by atoms with Crippen molar-refractivity contribution in [3.05, 3.63) is 54.1 Å². The fourth-order valence-electron chi connectivity index (χ4n) is 3.84. The second-order valence-electron chi connectivity index (χ2n) is 7.35. The van der Waals surface area contributed by atoms with Gasteiger partial charge in [0.05, 0.1) is 17.5 Å². The van der Waals surface area contributed by atoms with Crippen molar-refractivity contribution in [1.29, 1.82) is 0 Å². The van der Waals surface area contributed by atoms with Crippen LogP contribution in [0.25, 0.3) is 11.0 Å². The molecule has 0 radical (unpaired) electrons. The summed E-state index contributed by atoms with van der Waals surface area (Å²) in [7, 11) is 0. The summed E-state index contributed by atoms with van der Waals surface area (Å²) in [6.45, 7) is 1.98. The molecule has 1 N–H and O–H groups in total. The van der Waals surface area contributed by atoms with Gasteiger partial charge in [-0.3, -0.25) is 19.1 Å². The number of nitrogens with zero attached hydrogens (tertiary/aromatic N) is 3. The minimum Gasteiger partial charge on any atom is -0.326 e. The number of rotatable bonds is 4. The van der Waals surface area contributed by atoms with Crippen molar-refractivity contribution >= 4 is 34.5 Å². The topological polar surface area (TPSA) is 67.2 Å². The fourth-order valence-corrected chi connectivity index (χ4v) is 3.84. The lowest BCUT2D eigenvalue weighted by atomic mass is 10.1. The van der Waals surface area contributed by atoms with E-state index in [1.807, 2.05) is 60.0 Å². The summed E-state index contributed by atoms with van der Waals surface area (Å²) in [5.74, 6) is 0.488. The van der Waals surface area contributed by atoms with Crippen LogP contribution in [0.1, 0.15) is 30.9 Å². The van der Waals surface area contributed by atoms with Crippen molar-refractivity contribution in [2.75, 3.05) is 10.2 Å².